The molecule has 3 saturated carbocycles. The zero-order valence-electron chi connectivity index (χ0n) is 15.7. The Bertz CT molecular complexity index is 621. The van der Waals surface area contributed by atoms with E-state index in [4.69, 9.17) is 0 Å². The van der Waals surface area contributed by atoms with Crippen LogP contribution in [-0.4, -0.2) is 23.3 Å². The number of aliphatic hydroxyl groups excluding tert-OH is 1. The van der Waals surface area contributed by atoms with Crippen LogP contribution in [0.2, 0.25) is 0 Å². The maximum Gasteiger partial charge on any atom is 0.155 e. The molecular weight excluding hydrogens is 312 g/mol. The van der Waals surface area contributed by atoms with Crippen molar-refractivity contribution in [3.63, 3.8) is 0 Å². The lowest BCUT2D eigenvalue weighted by molar-refractivity contribution is -0.131. The van der Waals surface area contributed by atoms with Gasteiger partial charge in [-0.25, -0.2) is 0 Å². The van der Waals surface area contributed by atoms with Gasteiger partial charge in [-0.2, -0.15) is 0 Å². The first-order chi connectivity index (χ1) is 11.9. The fourth-order valence-electron chi connectivity index (χ4n) is 7.37. The minimum Gasteiger partial charge on any atom is -0.396 e. The smallest absolute Gasteiger partial charge is 0.155 e. The molecule has 3 fully saturated rings. The van der Waals surface area contributed by atoms with Crippen molar-refractivity contribution < 1.29 is 14.7 Å². The van der Waals surface area contributed by atoms with E-state index in [0.29, 0.717) is 36.4 Å². The normalized spacial score (nSPS) is 46.0. The number of carbonyl (C=O) groups is 2. The van der Waals surface area contributed by atoms with Gasteiger partial charge in [-0.05, 0) is 79.6 Å². The van der Waals surface area contributed by atoms with Crippen LogP contribution in [0.5, 0.6) is 0 Å². The highest BCUT2D eigenvalue weighted by atomic mass is 16.3. The van der Waals surface area contributed by atoms with Gasteiger partial charge in [-0.15, -0.1) is 0 Å². The lowest BCUT2D eigenvalue weighted by Gasteiger charge is -2.58. The van der Waals surface area contributed by atoms with Gasteiger partial charge in [0.25, 0.3) is 0 Å². The van der Waals surface area contributed by atoms with Crippen molar-refractivity contribution >= 4 is 11.6 Å². The molecule has 0 heterocycles. The molecule has 25 heavy (non-hydrogen) atoms. The monoisotopic (exact) mass is 344 g/mol. The molecule has 0 saturated heterocycles. The van der Waals surface area contributed by atoms with Gasteiger partial charge < -0.3 is 5.11 Å². The van der Waals surface area contributed by atoms with Gasteiger partial charge in [0.2, 0.25) is 0 Å². The quantitative estimate of drug-likeness (QED) is 0.839. The zero-order valence-corrected chi connectivity index (χ0v) is 15.7. The summed E-state index contributed by atoms with van der Waals surface area (Å²) in [5.41, 5.74) is 1.76. The zero-order chi connectivity index (χ0) is 17.8. The molecule has 0 aliphatic heterocycles. The van der Waals surface area contributed by atoms with Crippen LogP contribution in [0, 0.1) is 34.5 Å². The van der Waals surface area contributed by atoms with Crippen LogP contribution in [0.25, 0.3) is 0 Å². The van der Waals surface area contributed by atoms with Crippen molar-refractivity contribution in [2.45, 2.75) is 71.6 Å². The molecule has 138 valence electrons. The molecule has 0 aromatic heterocycles. The number of Topliss-reactive ketones (excluding diaryl/α,β-unsaturated/α-hetero) is 1. The third-order valence-electron chi connectivity index (χ3n) is 8.71. The fourth-order valence-corrected chi connectivity index (χ4v) is 7.37. The Balaban J connectivity index is 1.61. The number of allylic oxidation sites excluding steroid dienone is 1. The second-order valence-electron chi connectivity index (χ2n) is 9.58. The van der Waals surface area contributed by atoms with Crippen LogP contribution in [-0.2, 0) is 9.59 Å². The second-order valence-corrected chi connectivity index (χ2v) is 9.58. The summed E-state index contributed by atoms with van der Waals surface area (Å²) in [5, 5.41) is 9.19. The predicted octanol–water partition coefficient (Wildman–Crippen LogP) is 4.09. The fraction of sp³-hybridized carbons (Fsp3) is 0.818. The summed E-state index contributed by atoms with van der Waals surface area (Å²) >= 11 is 0. The summed E-state index contributed by atoms with van der Waals surface area (Å²) in [4.78, 5) is 24.5. The van der Waals surface area contributed by atoms with Crippen molar-refractivity contribution in [2.75, 3.05) is 6.61 Å². The predicted molar refractivity (Wildman–Crippen MR) is 96.9 cm³/mol. The Morgan fingerprint density at radius 1 is 1.12 bits per heavy atom. The molecule has 6 atom stereocenters. The molecule has 0 radical (unpaired) electrons. The first kappa shape index (κ1) is 17.5. The standard InChI is InChI=1S/C22H32O3/c1-21-10-7-15(24)13-14(21)3-4-16-17-5-6-19(20(25)9-12-23)22(17,2)11-8-18(16)21/h13,16-19,23H,3-12H2,1-2H3/t16-,17-,18-,19+,21-,22-/m0/s1. The minimum absolute atomic E-state index is 0.0115. The first-order valence-corrected chi connectivity index (χ1v) is 10.3. The van der Waals surface area contributed by atoms with Gasteiger partial charge in [-0.1, -0.05) is 19.4 Å². The van der Waals surface area contributed by atoms with Crippen LogP contribution in [0.4, 0.5) is 0 Å². The molecule has 4 aliphatic rings. The Hall–Kier alpha value is -0.960. The van der Waals surface area contributed by atoms with Gasteiger partial charge in [0.05, 0.1) is 0 Å². The summed E-state index contributed by atoms with van der Waals surface area (Å²) in [7, 11) is 0. The van der Waals surface area contributed by atoms with Gasteiger partial charge >= 0.3 is 0 Å². The van der Waals surface area contributed by atoms with Crippen molar-refractivity contribution in [1.29, 1.82) is 0 Å². The minimum atomic E-state index is -0.0115. The summed E-state index contributed by atoms with van der Waals surface area (Å²) in [6, 6.07) is 0. The molecule has 0 spiro atoms. The molecule has 3 nitrogen and oxygen atoms in total. The van der Waals surface area contributed by atoms with E-state index < -0.39 is 0 Å². The number of hydrogen-bond donors (Lipinski definition) is 1. The molecular formula is C22H32O3. The van der Waals surface area contributed by atoms with E-state index in [2.05, 4.69) is 13.8 Å². The molecule has 0 aromatic carbocycles. The van der Waals surface area contributed by atoms with Crippen LogP contribution >= 0.6 is 0 Å². The Morgan fingerprint density at radius 3 is 2.68 bits per heavy atom. The molecule has 3 heteroatoms. The average molecular weight is 344 g/mol. The number of fused-ring (bicyclic) bond motifs is 5. The molecule has 0 aromatic rings. The number of rotatable bonds is 3. The lowest BCUT2D eigenvalue weighted by atomic mass is 9.46. The van der Waals surface area contributed by atoms with Crippen LogP contribution < -0.4 is 0 Å². The van der Waals surface area contributed by atoms with Gasteiger partial charge in [0, 0.05) is 25.4 Å². The van der Waals surface area contributed by atoms with Crippen molar-refractivity contribution in [3.8, 4) is 0 Å². The number of hydrogen-bond acceptors (Lipinski definition) is 3. The highest BCUT2D eigenvalue weighted by molar-refractivity contribution is 5.91. The molecule has 0 unspecified atom stereocenters. The van der Waals surface area contributed by atoms with E-state index in [-0.39, 0.29) is 29.1 Å². The third kappa shape index (κ3) is 2.49. The largest absolute Gasteiger partial charge is 0.396 e. The topological polar surface area (TPSA) is 54.4 Å². The van der Waals surface area contributed by atoms with Crippen molar-refractivity contribution in [3.05, 3.63) is 11.6 Å². The number of ketones is 2. The Kier molecular flexibility index (Phi) is 4.22. The Morgan fingerprint density at radius 2 is 1.92 bits per heavy atom. The Labute approximate surface area is 151 Å². The van der Waals surface area contributed by atoms with E-state index in [9.17, 15) is 14.7 Å². The summed E-state index contributed by atoms with van der Waals surface area (Å²) in [6.45, 7) is 4.76. The van der Waals surface area contributed by atoms with E-state index in [1.807, 2.05) is 6.08 Å². The third-order valence-corrected chi connectivity index (χ3v) is 8.71. The van der Waals surface area contributed by atoms with Crippen molar-refractivity contribution in [2.24, 2.45) is 34.5 Å². The van der Waals surface area contributed by atoms with E-state index in [1.54, 1.807) is 0 Å². The van der Waals surface area contributed by atoms with Crippen LogP contribution in [0.1, 0.15) is 71.6 Å². The average Bonchev–Trinajstić information content (AvgIpc) is 2.93. The molecule has 0 amide bonds. The first-order valence-electron chi connectivity index (χ1n) is 10.3. The van der Waals surface area contributed by atoms with E-state index in [1.165, 1.54) is 24.8 Å². The SMILES string of the molecule is C[C@]12CC[C@H]3[C@@H](CCC4=CC(=O)CC[C@@]43C)[C@@H]1CC[C@@H]2C(=O)CCO. The molecule has 4 rings (SSSR count). The van der Waals surface area contributed by atoms with Crippen molar-refractivity contribution in [1.82, 2.24) is 0 Å². The lowest BCUT2D eigenvalue weighted by Crippen LogP contribution is -2.51. The van der Waals surface area contributed by atoms with Gasteiger partial charge in [0.1, 0.15) is 5.78 Å². The highest BCUT2D eigenvalue weighted by Gasteiger charge is 2.59. The van der Waals surface area contributed by atoms with E-state index in [0.717, 1.165) is 25.7 Å². The molecule has 4 aliphatic carbocycles. The second kappa shape index (κ2) is 6.04. The highest BCUT2D eigenvalue weighted by Crippen LogP contribution is 2.66. The molecule has 1 N–H and O–H groups in total. The number of carbonyl (C=O) groups excluding carboxylic acids is 2. The van der Waals surface area contributed by atoms with Gasteiger partial charge in [-0.3, -0.25) is 9.59 Å². The van der Waals surface area contributed by atoms with Crippen LogP contribution in [0.15, 0.2) is 11.6 Å². The molecule has 0 bridgehead atoms. The summed E-state index contributed by atoms with van der Waals surface area (Å²) < 4.78 is 0. The van der Waals surface area contributed by atoms with E-state index >= 15 is 0 Å². The van der Waals surface area contributed by atoms with Gasteiger partial charge in [0.15, 0.2) is 5.78 Å². The number of aliphatic hydroxyl groups is 1. The maximum absolute atomic E-state index is 12.6. The summed E-state index contributed by atoms with van der Waals surface area (Å²) in [5.74, 6) is 2.81. The summed E-state index contributed by atoms with van der Waals surface area (Å²) in [6.07, 6.45) is 10.8. The van der Waals surface area contributed by atoms with Crippen LogP contribution in [0.3, 0.4) is 0 Å². The maximum atomic E-state index is 12.6.